The summed E-state index contributed by atoms with van der Waals surface area (Å²) in [6.45, 7) is 3.00. The Bertz CT molecular complexity index is 475. The number of nitro groups is 1. The minimum absolute atomic E-state index is 0.00162. The van der Waals surface area contributed by atoms with E-state index in [0.717, 1.165) is 19.0 Å². The van der Waals surface area contributed by atoms with E-state index in [1.807, 2.05) is 4.90 Å². The Balaban J connectivity index is 2.19. The molecule has 0 amide bonds. The Morgan fingerprint density at radius 1 is 1.58 bits per heavy atom. The van der Waals surface area contributed by atoms with Crippen molar-refractivity contribution < 1.29 is 10.0 Å². The quantitative estimate of drug-likeness (QED) is 0.516. The van der Waals surface area contributed by atoms with E-state index in [1.165, 1.54) is 0 Å². The highest BCUT2D eigenvalue weighted by molar-refractivity contribution is 6.28. The van der Waals surface area contributed by atoms with E-state index in [0.29, 0.717) is 13.1 Å². The lowest BCUT2D eigenvalue weighted by Crippen LogP contribution is -2.37. The molecule has 1 unspecified atom stereocenters. The lowest BCUT2D eigenvalue weighted by Gasteiger charge is -2.33. The summed E-state index contributed by atoms with van der Waals surface area (Å²) < 4.78 is 0. The fourth-order valence-corrected chi connectivity index (χ4v) is 2.43. The van der Waals surface area contributed by atoms with Crippen LogP contribution in [0.25, 0.3) is 0 Å². The summed E-state index contributed by atoms with van der Waals surface area (Å²) in [4.78, 5) is 19.9. The van der Waals surface area contributed by atoms with Gasteiger partial charge in [0, 0.05) is 13.1 Å². The first-order valence-corrected chi connectivity index (χ1v) is 6.46. The second kappa shape index (κ2) is 5.66. The van der Waals surface area contributed by atoms with Crippen LogP contribution in [0.3, 0.4) is 0 Å². The number of nitrogens with zero attached hydrogens (tertiary/aromatic N) is 4. The van der Waals surface area contributed by atoms with Crippen LogP contribution in [0.2, 0.25) is 5.28 Å². The van der Waals surface area contributed by atoms with Crippen molar-refractivity contribution in [1.29, 1.82) is 0 Å². The molecule has 2 heterocycles. The van der Waals surface area contributed by atoms with Crippen molar-refractivity contribution in [2.45, 2.75) is 25.9 Å². The van der Waals surface area contributed by atoms with Gasteiger partial charge in [-0.15, -0.1) is 0 Å². The Hall–Kier alpha value is -1.47. The number of aliphatic hydroxyl groups is 1. The van der Waals surface area contributed by atoms with Gasteiger partial charge in [-0.2, -0.15) is 4.98 Å². The molecular weight excluding hydrogens is 272 g/mol. The largest absolute Gasteiger partial charge is 0.393 e. The molecule has 1 N–H and O–H groups in total. The van der Waals surface area contributed by atoms with Gasteiger partial charge in [-0.1, -0.05) is 0 Å². The number of piperidine rings is 1. The molecule has 19 heavy (non-hydrogen) atoms. The molecule has 0 aromatic carbocycles. The second-order valence-electron chi connectivity index (χ2n) is 4.67. The van der Waals surface area contributed by atoms with Crippen molar-refractivity contribution >= 4 is 23.1 Å². The maximum absolute atomic E-state index is 11.0. The van der Waals surface area contributed by atoms with Gasteiger partial charge in [-0.3, -0.25) is 10.1 Å². The van der Waals surface area contributed by atoms with Gasteiger partial charge in [-0.05, 0) is 37.3 Å². The van der Waals surface area contributed by atoms with Crippen LogP contribution in [-0.4, -0.2) is 39.2 Å². The summed E-state index contributed by atoms with van der Waals surface area (Å²) in [6.07, 6.45) is 2.32. The molecule has 1 aromatic heterocycles. The molecule has 0 radical (unpaired) electrons. The van der Waals surface area contributed by atoms with Crippen LogP contribution in [0.5, 0.6) is 0 Å². The van der Waals surface area contributed by atoms with Gasteiger partial charge in [0.2, 0.25) is 11.1 Å². The molecule has 1 saturated heterocycles. The van der Waals surface area contributed by atoms with Gasteiger partial charge in [0.15, 0.2) is 0 Å². The topological polar surface area (TPSA) is 92.4 Å². The van der Waals surface area contributed by atoms with E-state index in [1.54, 1.807) is 6.92 Å². The molecule has 1 aliphatic rings. The highest BCUT2D eigenvalue weighted by atomic mass is 35.5. The van der Waals surface area contributed by atoms with Crippen molar-refractivity contribution in [3.63, 3.8) is 0 Å². The highest BCUT2D eigenvalue weighted by Gasteiger charge is 2.28. The SMILES string of the molecule is CC(O)C1CCN(c2nc(Cl)ncc2[N+](=O)[O-])CC1. The summed E-state index contributed by atoms with van der Waals surface area (Å²) in [5.41, 5.74) is -0.139. The fraction of sp³-hybridized carbons (Fsp3) is 0.636. The molecule has 0 saturated carbocycles. The Kier molecular flexibility index (Phi) is 4.16. The first-order valence-electron chi connectivity index (χ1n) is 6.09. The van der Waals surface area contributed by atoms with E-state index in [2.05, 4.69) is 9.97 Å². The van der Waals surface area contributed by atoms with E-state index >= 15 is 0 Å². The van der Waals surface area contributed by atoms with Crippen molar-refractivity contribution in [1.82, 2.24) is 9.97 Å². The molecule has 1 aliphatic heterocycles. The number of hydrogen-bond donors (Lipinski definition) is 1. The molecule has 1 aromatic rings. The van der Waals surface area contributed by atoms with Crippen LogP contribution in [0.4, 0.5) is 11.5 Å². The van der Waals surface area contributed by atoms with Crippen LogP contribution in [0.15, 0.2) is 6.20 Å². The third-order valence-corrected chi connectivity index (χ3v) is 3.62. The Morgan fingerprint density at radius 3 is 2.74 bits per heavy atom. The first-order chi connectivity index (χ1) is 8.99. The summed E-state index contributed by atoms with van der Waals surface area (Å²) in [7, 11) is 0. The summed E-state index contributed by atoms with van der Waals surface area (Å²) >= 11 is 5.71. The number of halogens is 1. The molecule has 1 fully saturated rings. The first kappa shape index (κ1) is 14.0. The lowest BCUT2D eigenvalue weighted by atomic mass is 9.92. The summed E-state index contributed by atoms with van der Waals surface area (Å²) in [5, 5.41) is 20.5. The molecular formula is C11H15ClN4O3. The van der Waals surface area contributed by atoms with Crippen molar-refractivity contribution in [3.8, 4) is 0 Å². The number of aliphatic hydroxyl groups excluding tert-OH is 1. The minimum Gasteiger partial charge on any atom is -0.393 e. The van der Waals surface area contributed by atoms with Crippen LogP contribution >= 0.6 is 11.6 Å². The Morgan fingerprint density at radius 2 is 2.21 bits per heavy atom. The van der Waals surface area contributed by atoms with Gasteiger partial charge in [0.1, 0.15) is 6.20 Å². The average molecular weight is 287 g/mol. The normalized spacial score (nSPS) is 18.4. The van der Waals surface area contributed by atoms with Crippen molar-refractivity contribution in [3.05, 3.63) is 21.6 Å². The molecule has 1 atom stereocenters. The molecule has 0 aliphatic carbocycles. The summed E-state index contributed by atoms with van der Waals surface area (Å²) in [5.74, 6) is 0.488. The van der Waals surface area contributed by atoms with Crippen LogP contribution < -0.4 is 4.90 Å². The maximum Gasteiger partial charge on any atom is 0.329 e. The standard InChI is InChI=1S/C11H15ClN4O3/c1-7(17)8-2-4-15(5-3-8)10-9(16(18)19)6-13-11(12)14-10/h6-8,17H,2-5H2,1H3. The van der Waals surface area contributed by atoms with Crippen LogP contribution in [0.1, 0.15) is 19.8 Å². The zero-order valence-corrected chi connectivity index (χ0v) is 11.2. The van der Waals surface area contributed by atoms with Crippen LogP contribution in [0, 0.1) is 16.0 Å². The molecule has 104 valence electrons. The number of hydrogen-bond acceptors (Lipinski definition) is 6. The third kappa shape index (κ3) is 3.10. The molecule has 0 bridgehead atoms. The second-order valence-corrected chi connectivity index (χ2v) is 5.01. The fourth-order valence-electron chi connectivity index (χ4n) is 2.30. The molecule has 8 heteroatoms. The zero-order chi connectivity index (χ0) is 14.0. The van der Waals surface area contributed by atoms with Gasteiger partial charge in [0.05, 0.1) is 11.0 Å². The molecule has 7 nitrogen and oxygen atoms in total. The van der Waals surface area contributed by atoms with E-state index in [-0.39, 0.29) is 28.8 Å². The van der Waals surface area contributed by atoms with Gasteiger partial charge >= 0.3 is 5.69 Å². The zero-order valence-electron chi connectivity index (χ0n) is 10.5. The summed E-state index contributed by atoms with van der Waals surface area (Å²) in [6, 6.07) is 0. The molecule has 2 rings (SSSR count). The lowest BCUT2D eigenvalue weighted by molar-refractivity contribution is -0.384. The average Bonchev–Trinajstić information content (AvgIpc) is 2.38. The number of aromatic nitrogens is 2. The van der Waals surface area contributed by atoms with Gasteiger partial charge < -0.3 is 10.0 Å². The monoisotopic (exact) mass is 286 g/mol. The highest BCUT2D eigenvalue weighted by Crippen LogP contribution is 2.30. The maximum atomic E-state index is 11.0. The Labute approximate surface area is 115 Å². The third-order valence-electron chi connectivity index (χ3n) is 3.44. The predicted octanol–water partition coefficient (Wildman–Crippen LogP) is 1.64. The van der Waals surface area contributed by atoms with E-state index < -0.39 is 4.92 Å². The van der Waals surface area contributed by atoms with Crippen LogP contribution in [-0.2, 0) is 0 Å². The van der Waals surface area contributed by atoms with Crippen molar-refractivity contribution in [2.24, 2.45) is 5.92 Å². The minimum atomic E-state index is -0.508. The smallest absolute Gasteiger partial charge is 0.329 e. The number of anilines is 1. The number of rotatable bonds is 3. The van der Waals surface area contributed by atoms with E-state index in [9.17, 15) is 15.2 Å². The predicted molar refractivity (Wildman–Crippen MR) is 70.3 cm³/mol. The van der Waals surface area contributed by atoms with Gasteiger partial charge in [-0.25, -0.2) is 4.98 Å². The molecule has 0 spiro atoms. The van der Waals surface area contributed by atoms with E-state index in [4.69, 9.17) is 11.6 Å². The van der Waals surface area contributed by atoms with Gasteiger partial charge in [0.25, 0.3) is 0 Å². The van der Waals surface area contributed by atoms with Crippen molar-refractivity contribution in [2.75, 3.05) is 18.0 Å².